The predicted octanol–water partition coefficient (Wildman–Crippen LogP) is 4.30. The molecule has 0 heterocycles. The number of hydrogen-bond acceptors (Lipinski definition) is 5. The van der Waals surface area contributed by atoms with E-state index in [0.717, 1.165) is 0 Å². The molecular weight excluding hydrogens is 392 g/mol. The largest absolute Gasteiger partial charge is 0.494 e. The van der Waals surface area contributed by atoms with Gasteiger partial charge in [-0.25, -0.2) is 0 Å². The van der Waals surface area contributed by atoms with Crippen LogP contribution in [0.2, 0.25) is 5.02 Å². The maximum Gasteiger partial charge on any atom is 0.266 e. The average molecular weight is 411 g/mol. The third kappa shape index (κ3) is 5.93. The number of nitrogens with one attached hydrogen (secondary N) is 1. The minimum atomic E-state index is -0.566. The fourth-order valence-electron chi connectivity index (χ4n) is 2.42. The molecule has 0 fully saturated rings. The SMILES string of the molecule is C#CCOc1c(Cl)cc(/C=C(/C#N)C(=O)Nc2cccc(OCC)c2)cc1OC. The fraction of sp³-hybridized carbons (Fsp3) is 0.182. The summed E-state index contributed by atoms with van der Waals surface area (Å²) in [5.41, 5.74) is 0.896. The number of amides is 1. The second-order valence-electron chi connectivity index (χ2n) is 5.61. The lowest BCUT2D eigenvalue weighted by atomic mass is 10.1. The minimum absolute atomic E-state index is 0.0257. The second kappa shape index (κ2) is 10.7. The lowest BCUT2D eigenvalue weighted by Gasteiger charge is -2.12. The summed E-state index contributed by atoms with van der Waals surface area (Å²) >= 11 is 6.23. The molecule has 6 nitrogen and oxygen atoms in total. The number of carbonyl (C=O) groups is 1. The van der Waals surface area contributed by atoms with Gasteiger partial charge in [0.05, 0.1) is 18.7 Å². The third-order valence-electron chi connectivity index (χ3n) is 3.63. The van der Waals surface area contributed by atoms with Gasteiger partial charge in [0.1, 0.15) is 24.0 Å². The smallest absolute Gasteiger partial charge is 0.266 e. The Morgan fingerprint density at radius 2 is 2.10 bits per heavy atom. The van der Waals surface area contributed by atoms with E-state index in [1.54, 1.807) is 36.4 Å². The van der Waals surface area contributed by atoms with Crippen molar-refractivity contribution in [3.63, 3.8) is 0 Å². The predicted molar refractivity (Wildman–Crippen MR) is 112 cm³/mol. The molecule has 29 heavy (non-hydrogen) atoms. The summed E-state index contributed by atoms with van der Waals surface area (Å²) in [6, 6.07) is 11.9. The molecule has 0 aliphatic heterocycles. The molecule has 0 aliphatic rings. The highest BCUT2D eigenvalue weighted by Gasteiger charge is 2.14. The number of carbonyl (C=O) groups excluding carboxylic acids is 1. The van der Waals surface area contributed by atoms with Crippen LogP contribution in [0.4, 0.5) is 5.69 Å². The zero-order valence-electron chi connectivity index (χ0n) is 16.0. The number of halogens is 1. The first kappa shape index (κ1) is 21.7. The highest BCUT2D eigenvalue weighted by Crippen LogP contribution is 2.37. The number of benzene rings is 2. The first-order valence-electron chi connectivity index (χ1n) is 8.62. The van der Waals surface area contributed by atoms with Crippen LogP contribution in [0.1, 0.15) is 12.5 Å². The highest BCUT2D eigenvalue weighted by atomic mass is 35.5. The van der Waals surface area contributed by atoms with Gasteiger partial charge in [0.15, 0.2) is 11.5 Å². The summed E-state index contributed by atoms with van der Waals surface area (Å²) in [6.45, 7) is 2.40. The Balaban J connectivity index is 2.28. The molecule has 2 aromatic carbocycles. The van der Waals surface area contributed by atoms with Crippen LogP contribution in [0.5, 0.6) is 17.2 Å². The molecule has 0 aromatic heterocycles. The summed E-state index contributed by atoms with van der Waals surface area (Å²) in [6.07, 6.45) is 6.60. The van der Waals surface area contributed by atoms with Crippen molar-refractivity contribution in [1.82, 2.24) is 0 Å². The van der Waals surface area contributed by atoms with E-state index >= 15 is 0 Å². The van der Waals surface area contributed by atoms with Gasteiger partial charge < -0.3 is 19.5 Å². The Morgan fingerprint density at radius 1 is 1.31 bits per heavy atom. The fourth-order valence-corrected chi connectivity index (χ4v) is 2.69. The Morgan fingerprint density at radius 3 is 2.76 bits per heavy atom. The van der Waals surface area contributed by atoms with Gasteiger partial charge in [0.2, 0.25) is 0 Å². The molecule has 7 heteroatoms. The third-order valence-corrected chi connectivity index (χ3v) is 3.91. The van der Waals surface area contributed by atoms with E-state index in [4.69, 9.17) is 32.2 Å². The normalized spacial score (nSPS) is 10.4. The first-order chi connectivity index (χ1) is 14.0. The van der Waals surface area contributed by atoms with E-state index < -0.39 is 5.91 Å². The summed E-state index contributed by atoms with van der Waals surface area (Å²) in [7, 11) is 1.45. The van der Waals surface area contributed by atoms with Gasteiger partial charge in [0.25, 0.3) is 5.91 Å². The highest BCUT2D eigenvalue weighted by molar-refractivity contribution is 6.32. The molecule has 2 aromatic rings. The maximum absolute atomic E-state index is 12.5. The Kier molecular flexibility index (Phi) is 7.97. The van der Waals surface area contributed by atoms with E-state index in [0.29, 0.717) is 35.1 Å². The topological polar surface area (TPSA) is 80.6 Å². The van der Waals surface area contributed by atoms with Gasteiger partial charge in [0, 0.05) is 11.8 Å². The van der Waals surface area contributed by atoms with Gasteiger partial charge in [-0.1, -0.05) is 23.6 Å². The molecule has 0 saturated heterocycles. The average Bonchev–Trinajstić information content (AvgIpc) is 2.71. The van der Waals surface area contributed by atoms with Gasteiger partial charge in [-0.2, -0.15) is 5.26 Å². The molecule has 0 unspecified atom stereocenters. The maximum atomic E-state index is 12.5. The van der Waals surface area contributed by atoms with Crippen LogP contribution in [0, 0.1) is 23.7 Å². The number of hydrogen-bond donors (Lipinski definition) is 1. The Bertz CT molecular complexity index is 1000. The molecule has 1 N–H and O–H groups in total. The molecule has 0 aliphatic carbocycles. The molecule has 0 bridgehead atoms. The molecule has 2 rings (SSSR count). The van der Waals surface area contributed by atoms with Gasteiger partial charge >= 0.3 is 0 Å². The van der Waals surface area contributed by atoms with Crippen LogP contribution >= 0.6 is 11.6 Å². The summed E-state index contributed by atoms with van der Waals surface area (Å²) < 4.78 is 16.1. The molecule has 0 spiro atoms. The molecule has 0 radical (unpaired) electrons. The van der Waals surface area contributed by atoms with Crippen molar-refractivity contribution in [2.45, 2.75) is 6.92 Å². The molecule has 148 valence electrons. The zero-order chi connectivity index (χ0) is 21.2. The van der Waals surface area contributed by atoms with Crippen molar-refractivity contribution < 1.29 is 19.0 Å². The Labute approximate surface area is 174 Å². The van der Waals surface area contributed by atoms with Crippen LogP contribution in [0.25, 0.3) is 6.08 Å². The van der Waals surface area contributed by atoms with Crippen LogP contribution in [0.3, 0.4) is 0 Å². The van der Waals surface area contributed by atoms with Gasteiger partial charge in [-0.05, 0) is 42.8 Å². The lowest BCUT2D eigenvalue weighted by Crippen LogP contribution is -2.13. The van der Waals surface area contributed by atoms with Crippen molar-refractivity contribution >= 4 is 29.3 Å². The Hall–Kier alpha value is -3.61. The van der Waals surface area contributed by atoms with E-state index in [2.05, 4.69) is 11.2 Å². The number of ether oxygens (including phenoxy) is 3. The minimum Gasteiger partial charge on any atom is -0.494 e. The lowest BCUT2D eigenvalue weighted by molar-refractivity contribution is -0.112. The van der Waals surface area contributed by atoms with E-state index in [-0.39, 0.29) is 17.2 Å². The quantitative estimate of drug-likeness (QED) is 0.398. The van der Waals surface area contributed by atoms with Crippen LogP contribution in [-0.2, 0) is 4.79 Å². The van der Waals surface area contributed by atoms with Gasteiger partial charge in [-0.3, -0.25) is 4.79 Å². The van der Waals surface area contributed by atoms with Crippen molar-refractivity contribution in [2.75, 3.05) is 25.6 Å². The summed E-state index contributed by atoms with van der Waals surface area (Å²) in [5, 5.41) is 12.3. The molecule has 0 atom stereocenters. The monoisotopic (exact) mass is 410 g/mol. The van der Waals surface area contributed by atoms with E-state index in [9.17, 15) is 10.1 Å². The van der Waals surface area contributed by atoms with Crippen LogP contribution < -0.4 is 19.5 Å². The molecular formula is C22H19ClN2O4. The number of anilines is 1. The van der Waals surface area contributed by atoms with Crippen molar-refractivity contribution in [1.29, 1.82) is 5.26 Å². The zero-order valence-corrected chi connectivity index (χ0v) is 16.7. The molecule has 1 amide bonds. The van der Waals surface area contributed by atoms with Crippen LogP contribution in [0.15, 0.2) is 42.0 Å². The van der Waals surface area contributed by atoms with Crippen LogP contribution in [-0.4, -0.2) is 26.2 Å². The molecule has 0 saturated carbocycles. The van der Waals surface area contributed by atoms with Crippen molar-refractivity contribution in [3.05, 3.63) is 52.6 Å². The first-order valence-corrected chi connectivity index (χ1v) is 9.00. The number of nitriles is 1. The van der Waals surface area contributed by atoms with E-state index in [1.165, 1.54) is 13.2 Å². The summed E-state index contributed by atoms with van der Waals surface area (Å²) in [5.74, 6) is 3.02. The number of nitrogens with zero attached hydrogens (tertiary/aromatic N) is 1. The van der Waals surface area contributed by atoms with Crippen molar-refractivity contribution in [3.8, 4) is 35.7 Å². The number of rotatable bonds is 8. The second-order valence-corrected chi connectivity index (χ2v) is 6.02. The summed E-state index contributed by atoms with van der Waals surface area (Å²) in [4.78, 5) is 12.5. The standard InChI is InChI=1S/C22H19ClN2O4/c1-4-9-29-21-19(23)11-15(12-20(21)27-3)10-16(14-24)22(26)25-17-7-6-8-18(13-17)28-5-2/h1,6-8,10-13H,5,9H2,2-3H3,(H,25,26)/b16-10-. The number of terminal acetylenes is 1. The van der Waals surface area contributed by atoms with Gasteiger partial charge in [-0.15, -0.1) is 6.42 Å². The van der Waals surface area contributed by atoms with Crippen molar-refractivity contribution in [2.24, 2.45) is 0 Å². The number of methoxy groups -OCH3 is 1. The van der Waals surface area contributed by atoms with E-state index in [1.807, 2.05) is 13.0 Å².